The quantitative estimate of drug-likeness (QED) is 0.772. The van der Waals surface area contributed by atoms with Gasteiger partial charge in [-0.2, -0.15) is 17.0 Å². The van der Waals surface area contributed by atoms with E-state index >= 15 is 0 Å². The number of carbonyl (C=O) groups excluding carboxylic acids is 1. The zero-order valence-electron chi connectivity index (χ0n) is 18.1. The number of nitrogens with zero attached hydrogens (tertiary/aromatic N) is 4. The Morgan fingerprint density at radius 2 is 1.55 bits per heavy atom. The molecule has 3 aliphatic rings. The Morgan fingerprint density at radius 1 is 0.903 bits per heavy atom. The lowest BCUT2D eigenvalue weighted by atomic mass is 9.95. The van der Waals surface area contributed by atoms with Crippen LogP contribution in [0.3, 0.4) is 0 Å². The topological polar surface area (TPSA) is 80.0 Å². The number of carbonyl (C=O) groups is 1. The molecule has 0 spiro atoms. The number of amides is 1. The van der Waals surface area contributed by atoms with Gasteiger partial charge in [-0.25, -0.2) is 0 Å². The molecule has 2 aromatic rings. The highest BCUT2D eigenvalue weighted by Crippen LogP contribution is 2.30. The Balaban J connectivity index is 1.27. The number of aromatic amines is 1. The molecular formula is C22H31N5O3S. The Labute approximate surface area is 184 Å². The van der Waals surface area contributed by atoms with Crippen molar-refractivity contribution in [1.29, 1.82) is 0 Å². The number of nitrogens with one attached hydrogen (secondary N) is 1. The van der Waals surface area contributed by atoms with Gasteiger partial charge in [0, 0.05) is 74.5 Å². The number of hydrogen-bond acceptors (Lipinski definition) is 4. The zero-order valence-corrected chi connectivity index (χ0v) is 19.0. The summed E-state index contributed by atoms with van der Waals surface area (Å²) < 4.78 is 29.1. The fourth-order valence-electron chi connectivity index (χ4n) is 5.03. The summed E-state index contributed by atoms with van der Waals surface area (Å²) in [6.45, 7) is 4.11. The number of piperazine rings is 2. The first-order chi connectivity index (χ1) is 14.9. The first-order valence-electron chi connectivity index (χ1n) is 11.3. The molecule has 8 nitrogen and oxygen atoms in total. The first-order valence-corrected chi connectivity index (χ1v) is 12.7. The van der Waals surface area contributed by atoms with Gasteiger partial charge in [-0.15, -0.1) is 0 Å². The van der Waals surface area contributed by atoms with E-state index in [1.165, 1.54) is 28.4 Å². The van der Waals surface area contributed by atoms with Crippen molar-refractivity contribution >= 4 is 27.0 Å². The van der Waals surface area contributed by atoms with Crippen LogP contribution in [-0.2, 0) is 23.1 Å². The summed E-state index contributed by atoms with van der Waals surface area (Å²) in [7, 11) is -1.45. The van der Waals surface area contributed by atoms with Crippen molar-refractivity contribution < 1.29 is 13.2 Å². The van der Waals surface area contributed by atoms with Crippen LogP contribution in [0, 0.1) is 0 Å². The van der Waals surface area contributed by atoms with E-state index in [2.05, 4.69) is 9.88 Å². The second-order valence-electron chi connectivity index (χ2n) is 8.95. The molecule has 0 unspecified atom stereocenters. The molecular weight excluding hydrogens is 414 g/mol. The third-order valence-electron chi connectivity index (χ3n) is 6.99. The second kappa shape index (κ2) is 8.20. The third-order valence-corrected chi connectivity index (χ3v) is 9.02. The van der Waals surface area contributed by atoms with Gasteiger partial charge in [-0.3, -0.25) is 4.79 Å². The van der Waals surface area contributed by atoms with Gasteiger partial charge in [0.25, 0.3) is 16.1 Å². The molecule has 0 saturated carbocycles. The number of rotatable bonds is 3. The summed E-state index contributed by atoms with van der Waals surface area (Å²) in [6, 6.07) is 5.92. The van der Waals surface area contributed by atoms with Gasteiger partial charge in [0.15, 0.2) is 0 Å². The minimum absolute atomic E-state index is 0.00990. The monoisotopic (exact) mass is 445 g/mol. The predicted octanol–water partition coefficient (Wildman–Crippen LogP) is 1.30. The van der Waals surface area contributed by atoms with Crippen molar-refractivity contribution in [3.63, 3.8) is 0 Å². The Bertz CT molecular complexity index is 1080. The summed E-state index contributed by atoms with van der Waals surface area (Å²) in [5, 5.41) is 1.16. The van der Waals surface area contributed by atoms with Gasteiger partial charge in [-0.05, 0) is 56.5 Å². The molecule has 1 aromatic carbocycles. The highest BCUT2D eigenvalue weighted by Gasteiger charge is 2.35. The SMILES string of the molecule is CN1CCN(S(=O)(=O)N2CCN(C(=O)c3ccc4[nH]c5c(c4c3)CCCC5)CC2)CC1. The molecule has 9 heteroatoms. The standard InChI is InChI=1S/C22H31N5O3S/c1-24-8-12-26(13-9-24)31(29,30)27-14-10-25(11-15-27)22(28)17-6-7-21-19(16-17)18-4-2-3-5-20(18)23-21/h6-7,16,23H,2-5,8-15H2,1H3. The lowest BCUT2D eigenvalue weighted by molar-refractivity contribution is 0.0692. The molecule has 2 aliphatic heterocycles. The van der Waals surface area contributed by atoms with Crippen LogP contribution in [0.2, 0.25) is 0 Å². The summed E-state index contributed by atoms with van der Waals surface area (Å²) in [6.07, 6.45) is 4.56. The number of aromatic nitrogens is 1. The molecule has 2 fully saturated rings. The van der Waals surface area contributed by atoms with E-state index in [1.54, 1.807) is 9.21 Å². The van der Waals surface area contributed by atoms with Crippen LogP contribution >= 0.6 is 0 Å². The lowest BCUT2D eigenvalue weighted by Gasteiger charge is -2.39. The van der Waals surface area contributed by atoms with E-state index in [0.717, 1.165) is 36.8 Å². The summed E-state index contributed by atoms with van der Waals surface area (Å²) in [4.78, 5) is 20.6. The second-order valence-corrected chi connectivity index (χ2v) is 10.9. The smallest absolute Gasteiger partial charge is 0.282 e. The predicted molar refractivity (Wildman–Crippen MR) is 120 cm³/mol. The van der Waals surface area contributed by atoms with E-state index in [-0.39, 0.29) is 5.91 Å². The average molecular weight is 446 g/mol. The molecule has 0 radical (unpaired) electrons. The molecule has 2 saturated heterocycles. The van der Waals surface area contributed by atoms with E-state index in [1.807, 2.05) is 25.2 Å². The number of hydrogen-bond donors (Lipinski definition) is 1. The number of H-pyrrole nitrogens is 1. The van der Waals surface area contributed by atoms with E-state index in [0.29, 0.717) is 44.8 Å². The van der Waals surface area contributed by atoms with E-state index in [4.69, 9.17) is 0 Å². The van der Waals surface area contributed by atoms with Crippen molar-refractivity contribution in [2.45, 2.75) is 25.7 Å². The normalized spacial score (nSPS) is 22.0. The minimum atomic E-state index is -3.46. The Morgan fingerprint density at radius 3 is 2.26 bits per heavy atom. The van der Waals surface area contributed by atoms with Crippen LogP contribution in [0.4, 0.5) is 0 Å². The van der Waals surface area contributed by atoms with Crippen LogP contribution in [-0.4, -0.2) is 97.1 Å². The fourth-order valence-corrected chi connectivity index (χ4v) is 6.60. The molecule has 0 atom stereocenters. The molecule has 168 valence electrons. The Kier molecular flexibility index (Phi) is 5.54. The molecule has 0 bridgehead atoms. The van der Waals surface area contributed by atoms with Crippen LogP contribution in [0.15, 0.2) is 18.2 Å². The molecule has 5 rings (SSSR count). The van der Waals surface area contributed by atoms with Gasteiger partial charge in [0.2, 0.25) is 0 Å². The number of aryl methyl sites for hydroxylation is 2. The molecule has 31 heavy (non-hydrogen) atoms. The molecule has 1 amide bonds. The summed E-state index contributed by atoms with van der Waals surface area (Å²) >= 11 is 0. The first kappa shape index (κ1) is 20.9. The fraction of sp³-hybridized carbons (Fsp3) is 0.591. The van der Waals surface area contributed by atoms with Crippen molar-refractivity contribution in [3.8, 4) is 0 Å². The third kappa shape index (κ3) is 3.88. The van der Waals surface area contributed by atoms with Crippen LogP contribution in [0.5, 0.6) is 0 Å². The number of benzene rings is 1. The molecule has 1 N–H and O–H groups in total. The summed E-state index contributed by atoms with van der Waals surface area (Å²) in [5.41, 5.74) is 4.47. The number of likely N-dealkylation sites (N-methyl/N-ethyl adjacent to an activating group) is 1. The average Bonchev–Trinajstić information content (AvgIpc) is 3.17. The van der Waals surface area contributed by atoms with Gasteiger partial charge in [0.1, 0.15) is 0 Å². The van der Waals surface area contributed by atoms with Gasteiger partial charge < -0.3 is 14.8 Å². The van der Waals surface area contributed by atoms with E-state index < -0.39 is 10.2 Å². The van der Waals surface area contributed by atoms with E-state index in [9.17, 15) is 13.2 Å². The van der Waals surface area contributed by atoms with Crippen LogP contribution < -0.4 is 0 Å². The van der Waals surface area contributed by atoms with Gasteiger partial charge >= 0.3 is 0 Å². The number of fused-ring (bicyclic) bond motifs is 3. The lowest BCUT2D eigenvalue weighted by Crippen LogP contribution is -2.57. The van der Waals surface area contributed by atoms with Crippen LogP contribution in [0.25, 0.3) is 10.9 Å². The van der Waals surface area contributed by atoms with Crippen molar-refractivity contribution in [2.75, 3.05) is 59.4 Å². The van der Waals surface area contributed by atoms with Crippen LogP contribution in [0.1, 0.15) is 34.5 Å². The van der Waals surface area contributed by atoms with Crippen molar-refractivity contribution in [1.82, 2.24) is 23.4 Å². The molecule has 1 aliphatic carbocycles. The molecule has 3 heterocycles. The Hall–Kier alpha value is -1.94. The maximum atomic E-state index is 13.2. The highest BCUT2D eigenvalue weighted by atomic mass is 32.2. The van der Waals surface area contributed by atoms with Gasteiger partial charge in [-0.1, -0.05) is 0 Å². The minimum Gasteiger partial charge on any atom is -0.358 e. The maximum absolute atomic E-state index is 13.2. The maximum Gasteiger partial charge on any atom is 0.282 e. The highest BCUT2D eigenvalue weighted by molar-refractivity contribution is 7.86. The summed E-state index contributed by atoms with van der Waals surface area (Å²) in [5.74, 6) is -0.00990. The van der Waals surface area contributed by atoms with Crippen molar-refractivity contribution in [2.24, 2.45) is 0 Å². The largest absolute Gasteiger partial charge is 0.358 e. The molecule has 1 aromatic heterocycles. The van der Waals surface area contributed by atoms with Crippen molar-refractivity contribution in [3.05, 3.63) is 35.0 Å². The van der Waals surface area contributed by atoms with Gasteiger partial charge in [0.05, 0.1) is 0 Å². The zero-order chi connectivity index (χ0) is 21.6.